The number of hydrogen-bond acceptors (Lipinski definition) is 8. The van der Waals surface area contributed by atoms with E-state index in [1.807, 2.05) is 0 Å². The number of fused-ring (bicyclic) bond motifs is 4. The first kappa shape index (κ1) is 27.5. The molecule has 3 aromatic rings. The van der Waals surface area contributed by atoms with Crippen LogP contribution in [-0.4, -0.2) is 43.1 Å². The lowest BCUT2D eigenvalue weighted by molar-refractivity contribution is -0.140. The van der Waals surface area contributed by atoms with Crippen LogP contribution in [0.15, 0.2) is 75.7 Å². The average Bonchev–Trinajstić information content (AvgIpc) is 3.54. The molecule has 8 heteroatoms. The van der Waals surface area contributed by atoms with Crippen LogP contribution in [0.3, 0.4) is 0 Å². The number of esters is 1. The Morgan fingerprint density at radius 2 is 1.82 bits per heavy atom. The maximum absolute atomic E-state index is 12.6. The molecule has 2 aliphatic heterocycles. The molecule has 8 nitrogen and oxygen atoms in total. The van der Waals surface area contributed by atoms with Crippen molar-refractivity contribution in [2.24, 2.45) is 5.92 Å². The van der Waals surface area contributed by atoms with Gasteiger partial charge >= 0.3 is 5.97 Å². The number of aromatic hydroxyl groups is 1. The van der Waals surface area contributed by atoms with Crippen LogP contribution in [0.4, 0.5) is 0 Å². The van der Waals surface area contributed by atoms with Crippen LogP contribution in [0.5, 0.6) is 17.2 Å². The van der Waals surface area contributed by atoms with Crippen LogP contribution in [0.1, 0.15) is 39.5 Å². The fourth-order valence-corrected chi connectivity index (χ4v) is 5.54. The normalized spacial score (nSPS) is 25.5. The number of hydrogen-bond donors (Lipinski definition) is 1. The molecule has 210 valence electrons. The van der Waals surface area contributed by atoms with E-state index in [1.165, 1.54) is 31.1 Å². The van der Waals surface area contributed by atoms with E-state index in [0.29, 0.717) is 22.3 Å². The molecule has 3 aliphatic rings. The van der Waals surface area contributed by atoms with Gasteiger partial charge in [-0.3, -0.25) is 4.79 Å². The van der Waals surface area contributed by atoms with Crippen molar-refractivity contribution in [2.75, 3.05) is 14.2 Å². The highest BCUT2D eigenvalue weighted by Crippen LogP contribution is 2.49. The topological polar surface area (TPSA) is 108 Å². The quantitative estimate of drug-likeness (QED) is 0.186. The molecule has 0 amide bonds. The van der Waals surface area contributed by atoms with Gasteiger partial charge in [0.15, 0.2) is 11.3 Å². The summed E-state index contributed by atoms with van der Waals surface area (Å²) in [6, 6.07) is 10.1. The van der Waals surface area contributed by atoms with Crippen molar-refractivity contribution in [3.05, 3.63) is 76.7 Å². The first-order valence-electron chi connectivity index (χ1n) is 13.4. The van der Waals surface area contributed by atoms with Gasteiger partial charge in [0, 0.05) is 11.5 Å². The van der Waals surface area contributed by atoms with E-state index in [2.05, 4.69) is 26.5 Å². The lowest BCUT2D eigenvalue weighted by atomic mass is 9.84. The summed E-state index contributed by atoms with van der Waals surface area (Å²) in [5.74, 6) is 0.682. The first-order valence-corrected chi connectivity index (χ1v) is 13.4. The van der Waals surface area contributed by atoms with Gasteiger partial charge in [-0.2, -0.15) is 0 Å². The summed E-state index contributed by atoms with van der Waals surface area (Å²) in [6.07, 6.45) is 7.62. The van der Waals surface area contributed by atoms with Gasteiger partial charge < -0.3 is 28.5 Å². The lowest BCUT2D eigenvalue weighted by Crippen LogP contribution is -2.28. The number of benzene rings is 2. The second-order valence-corrected chi connectivity index (χ2v) is 10.7. The third-order valence-corrected chi connectivity index (χ3v) is 8.05. The molecule has 1 aliphatic carbocycles. The zero-order valence-electron chi connectivity index (χ0n) is 23.2. The maximum Gasteiger partial charge on any atom is 0.334 e. The number of phenols is 1. The molecule has 4 atom stereocenters. The van der Waals surface area contributed by atoms with Gasteiger partial charge in [0.1, 0.15) is 24.2 Å². The Balaban J connectivity index is 0.000000164. The Labute approximate surface area is 232 Å². The number of carbonyl (C=O) groups is 1. The first-order chi connectivity index (χ1) is 19.2. The zero-order chi connectivity index (χ0) is 28.6. The maximum atomic E-state index is 12.6. The number of methoxy groups -OCH3 is 2. The Bertz CT molecular complexity index is 1530. The molecule has 4 unspecified atom stereocenters. The van der Waals surface area contributed by atoms with E-state index >= 15 is 0 Å². The Hall–Kier alpha value is -4.04. The molecule has 2 saturated heterocycles. The standard InChI is InChI=1S/C17H14O5.C15H20O3/c1-20-11-5-3-10(4-6-11)13-9-22-16-12(15(13)19)7-8-14(18)17(16)21-2;1-9-5-4-8-15(3)13(18-15)12-11(7-6-9)10(2)14(16)17-12/h3-9,18H,1-2H3;5,11-13H,2,4,6-8H2,1,3H3. The molecule has 0 bridgehead atoms. The number of phenolic OH excluding ortho intramolecular Hbond substituents is 1. The van der Waals surface area contributed by atoms with Crippen LogP contribution in [0.25, 0.3) is 22.1 Å². The third-order valence-electron chi connectivity index (χ3n) is 8.05. The highest BCUT2D eigenvalue weighted by Gasteiger charge is 2.61. The number of epoxide rings is 1. The number of ether oxygens (including phenoxy) is 4. The molecule has 1 N–H and O–H groups in total. The molecule has 0 saturated carbocycles. The van der Waals surface area contributed by atoms with Crippen LogP contribution >= 0.6 is 0 Å². The van der Waals surface area contributed by atoms with Gasteiger partial charge in [-0.05, 0) is 69.4 Å². The van der Waals surface area contributed by atoms with E-state index in [4.69, 9.17) is 23.4 Å². The predicted octanol–water partition coefficient (Wildman–Crippen LogP) is 5.94. The molecule has 2 fully saturated rings. The van der Waals surface area contributed by atoms with Gasteiger partial charge in [-0.25, -0.2) is 4.79 Å². The van der Waals surface area contributed by atoms with E-state index in [1.54, 1.807) is 31.4 Å². The van der Waals surface area contributed by atoms with Crippen molar-refractivity contribution < 1.29 is 33.3 Å². The molecular weight excluding hydrogens is 512 g/mol. The van der Waals surface area contributed by atoms with Crippen molar-refractivity contribution >= 4 is 16.9 Å². The van der Waals surface area contributed by atoms with Crippen molar-refractivity contribution in [1.29, 1.82) is 0 Å². The molecule has 0 radical (unpaired) electrons. The molecule has 2 aromatic carbocycles. The minimum absolute atomic E-state index is 0.0671. The monoisotopic (exact) mass is 546 g/mol. The van der Waals surface area contributed by atoms with Gasteiger partial charge in [-0.15, -0.1) is 0 Å². The Morgan fingerprint density at radius 3 is 2.52 bits per heavy atom. The lowest BCUT2D eigenvalue weighted by Gasteiger charge is -2.19. The zero-order valence-corrected chi connectivity index (χ0v) is 23.2. The molecule has 40 heavy (non-hydrogen) atoms. The average molecular weight is 547 g/mol. The summed E-state index contributed by atoms with van der Waals surface area (Å²) in [4.78, 5) is 24.3. The van der Waals surface area contributed by atoms with E-state index in [9.17, 15) is 14.7 Å². The predicted molar refractivity (Wildman–Crippen MR) is 151 cm³/mol. The SMILES string of the molecule is C=C1C(=O)OC2C1CCC(C)=CCCC1(C)OC21.COc1ccc(-c2coc3c(OC)c(O)ccc3c2=O)cc1. The van der Waals surface area contributed by atoms with E-state index in [0.717, 1.165) is 31.2 Å². The molecule has 0 spiro atoms. The van der Waals surface area contributed by atoms with Crippen LogP contribution in [0, 0.1) is 5.92 Å². The van der Waals surface area contributed by atoms with Crippen molar-refractivity contribution in [3.8, 4) is 28.4 Å². The molecule has 6 rings (SSSR count). The number of carbonyl (C=O) groups excluding carboxylic acids is 1. The summed E-state index contributed by atoms with van der Waals surface area (Å²) in [6.45, 7) is 8.17. The second-order valence-electron chi connectivity index (χ2n) is 10.7. The highest BCUT2D eigenvalue weighted by atomic mass is 16.6. The number of allylic oxidation sites excluding steroid dienone is 2. The fourth-order valence-electron chi connectivity index (χ4n) is 5.54. The minimum atomic E-state index is -0.233. The summed E-state index contributed by atoms with van der Waals surface area (Å²) in [5.41, 5.74) is 3.11. The molecule has 1 aromatic heterocycles. The van der Waals surface area contributed by atoms with E-state index < -0.39 is 0 Å². The van der Waals surface area contributed by atoms with Crippen LogP contribution < -0.4 is 14.9 Å². The minimum Gasteiger partial charge on any atom is -0.504 e. The fraction of sp³-hybridized carbons (Fsp3) is 0.375. The van der Waals surface area contributed by atoms with E-state index in [-0.39, 0.29) is 52.2 Å². The summed E-state index contributed by atoms with van der Waals surface area (Å²) in [5, 5.41) is 10.1. The highest BCUT2D eigenvalue weighted by molar-refractivity contribution is 5.91. The Kier molecular flexibility index (Phi) is 7.47. The third kappa shape index (κ3) is 5.11. The number of rotatable bonds is 3. The summed E-state index contributed by atoms with van der Waals surface area (Å²) >= 11 is 0. The van der Waals surface area contributed by atoms with Gasteiger partial charge in [0.25, 0.3) is 0 Å². The van der Waals surface area contributed by atoms with Gasteiger partial charge in [0.05, 0.1) is 30.8 Å². The van der Waals surface area contributed by atoms with Crippen molar-refractivity contribution in [2.45, 2.75) is 57.3 Å². The largest absolute Gasteiger partial charge is 0.504 e. The Morgan fingerprint density at radius 1 is 1.07 bits per heavy atom. The van der Waals surface area contributed by atoms with Crippen LogP contribution in [-0.2, 0) is 14.3 Å². The smallest absolute Gasteiger partial charge is 0.334 e. The van der Waals surface area contributed by atoms with Gasteiger partial charge in [0.2, 0.25) is 11.2 Å². The van der Waals surface area contributed by atoms with Crippen molar-refractivity contribution in [1.82, 2.24) is 0 Å². The molecular formula is C32H34O8. The summed E-state index contributed by atoms with van der Waals surface area (Å²) < 4.78 is 27.0. The second kappa shape index (κ2) is 10.8. The van der Waals surface area contributed by atoms with Crippen LogP contribution in [0.2, 0.25) is 0 Å². The molecule has 3 heterocycles. The van der Waals surface area contributed by atoms with Crippen molar-refractivity contribution in [3.63, 3.8) is 0 Å². The summed E-state index contributed by atoms with van der Waals surface area (Å²) in [7, 11) is 2.99. The van der Waals surface area contributed by atoms with Gasteiger partial charge in [-0.1, -0.05) is 30.4 Å².